The van der Waals surface area contributed by atoms with Gasteiger partial charge < -0.3 is 4.74 Å². The molecule has 8 nitrogen and oxygen atoms in total. The molecule has 2 aromatic carbocycles. The third kappa shape index (κ3) is 4.95. The quantitative estimate of drug-likeness (QED) is 0.348. The number of nitro groups is 1. The molecule has 0 aliphatic heterocycles. The molecule has 0 aliphatic carbocycles. The lowest BCUT2D eigenvalue weighted by Crippen LogP contribution is -2.30. The van der Waals surface area contributed by atoms with Crippen LogP contribution >= 0.6 is 22.9 Å². The van der Waals surface area contributed by atoms with Gasteiger partial charge in [0.05, 0.1) is 21.2 Å². The number of esters is 1. The van der Waals surface area contributed by atoms with E-state index >= 15 is 0 Å². The second-order valence-corrected chi connectivity index (χ2v) is 7.13. The zero-order valence-electron chi connectivity index (χ0n) is 15.0. The number of hydrogen-bond acceptors (Lipinski definition) is 7. The molecule has 1 N–H and O–H groups in total. The number of nitro benzene ring substituents is 1. The van der Waals surface area contributed by atoms with Crippen LogP contribution in [0.1, 0.15) is 17.3 Å². The summed E-state index contributed by atoms with van der Waals surface area (Å²) in [5, 5.41) is 15.6. The van der Waals surface area contributed by atoms with E-state index in [1.807, 2.05) is 30.3 Å². The van der Waals surface area contributed by atoms with Crippen LogP contribution < -0.4 is 5.32 Å². The maximum Gasteiger partial charge on any atom is 0.340 e. The van der Waals surface area contributed by atoms with Crippen LogP contribution in [-0.4, -0.2) is 27.9 Å². The van der Waals surface area contributed by atoms with Crippen LogP contribution in [0.5, 0.6) is 0 Å². The highest BCUT2D eigenvalue weighted by atomic mass is 35.5. The Bertz CT molecular complexity index is 1070. The number of anilines is 1. The summed E-state index contributed by atoms with van der Waals surface area (Å²) >= 11 is 7.15. The van der Waals surface area contributed by atoms with Crippen molar-refractivity contribution in [3.05, 3.63) is 74.6 Å². The minimum Gasteiger partial charge on any atom is -0.449 e. The fraction of sp³-hybridized carbons (Fsp3) is 0.105. The van der Waals surface area contributed by atoms with Gasteiger partial charge in [0.25, 0.3) is 11.6 Å². The zero-order valence-corrected chi connectivity index (χ0v) is 16.6. The van der Waals surface area contributed by atoms with Crippen molar-refractivity contribution in [2.75, 3.05) is 5.32 Å². The standard InChI is InChI=1S/C19H14ClN3O5S/c1-11(28-18(25)14-9-13(23(26)27)7-8-15(14)20)17(24)22-19-21-16(10-29-19)12-5-3-2-4-6-12/h2-11H,1H3,(H,21,22,24). The van der Waals surface area contributed by atoms with Gasteiger partial charge in [-0.3, -0.25) is 20.2 Å². The molecule has 1 atom stereocenters. The normalized spacial score (nSPS) is 11.5. The molecular weight excluding hydrogens is 418 g/mol. The highest BCUT2D eigenvalue weighted by Crippen LogP contribution is 2.25. The molecule has 3 rings (SSSR count). The van der Waals surface area contributed by atoms with Gasteiger partial charge in [0, 0.05) is 23.1 Å². The largest absolute Gasteiger partial charge is 0.449 e. The van der Waals surface area contributed by atoms with Gasteiger partial charge in [-0.1, -0.05) is 41.9 Å². The maximum absolute atomic E-state index is 12.3. The highest BCUT2D eigenvalue weighted by Gasteiger charge is 2.23. The van der Waals surface area contributed by atoms with Gasteiger partial charge in [0.2, 0.25) is 0 Å². The number of rotatable bonds is 6. The average Bonchev–Trinajstić information content (AvgIpc) is 3.17. The second-order valence-electron chi connectivity index (χ2n) is 5.86. The summed E-state index contributed by atoms with van der Waals surface area (Å²) in [7, 11) is 0. The van der Waals surface area contributed by atoms with Crippen molar-refractivity contribution in [1.82, 2.24) is 4.98 Å². The zero-order chi connectivity index (χ0) is 21.0. The molecule has 0 saturated heterocycles. The number of carbonyl (C=O) groups excluding carboxylic acids is 2. The molecule has 0 saturated carbocycles. The molecule has 3 aromatic rings. The molecule has 0 radical (unpaired) electrons. The summed E-state index contributed by atoms with van der Waals surface area (Å²) in [6, 6.07) is 12.8. The summed E-state index contributed by atoms with van der Waals surface area (Å²) in [5.74, 6) is -1.53. The van der Waals surface area contributed by atoms with E-state index in [0.717, 1.165) is 11.6 Å². The lowest BCUT2D eigenvalue weighted by atomic mass is 10.2. The number of benzene rings is 2. The number of non-ortho nitro benzene ring substituents is 1. The van der Waals surface area contributed by atoms with E-state index < -0.39 is 22.9 Å². The van der Waals surface area contributed by atoms with Gasteiger partial charge in [0.1, 0.15) is 0 Å². The first-order valence-corrected chi connectivity index (χ1v) is 9.57. The van der Waals surface area contributed by atoms with E-state index in [-0.39, 0.29) is 16.3 Å². The predicted octanol–water partition coefficient (Wildman–Crippen LogP) is 4.56. The first kappa shape index (κ1) is 20.4. The fourth-order valence-electron chi connectivity index (χ4n) is 2.34. The molecule has 148 valence electrons. The molecule has 0 spiro atoms. The van der Waals surface area contributed by atoms with Crippen LogP contribution in [-0.2, 0) is 9.53 Å². The molecular formula is C19H14ClN3O5S. The van der Waals surface area contributed by atoms with Crippen molar-refractivity contribution in [3.63, 3.8) is 0 Å². The van der Waals surface area contributed by atoms with Gasteiger partial charge >= 0.3 is 5.97 Å². The van der Waals surface area contributed by atoms with Crippen LogP contribution in [0.2, 0.25) is 5.02 Å². The molecule has 0 aliphatic rings. The smallest absolute Gasteiger partial charge is 0.340 e. The van der Waals surface area contributed by atoms with E-state index in [0.29, 0.717) is 10.8 Å². The Kier molecular flexibility index (Phi) is 6.20. The molecule has 0 fully saturated rings. The van der Waals surface area contributed by atoms with Gasteiger partial charge in [-0.25, -0.2) is 9.78 Å². The fourth-order valence-corrected chi connectivity index (χ4v) is 3.26. The van der Waals surface area contributed by atoms with Gasteiger partial charge in [0.15, 0.2) is 11.2 Å². The Hall–Kier alpha value is -3.30. The Morgan fingerprint density at radius 1 is 1.24 bits per heavy atom. The minimum atomic E-state index is -1.16. The van der Waals surface area contributed by atoms with E-state index in [9.17, 15) is 19.7 Å². The Labute approximate surface area is 174 Å². The maximum atomic E-state index is 12.3. The SMILES string of the molecule is CC(OC(=O)c1cc([N+](=O)[O-])ccc1Cl)C(=O)Nc1nc(-c2ccccc2)cs1. The highest BCUT2D eigenvalue weighted by molar-refractivity contribution is 7.14. The van der Waals surface area contributed by atoms with Crippen molar-refractivity contribution >= 4 is 45.6 Å². The first-order valence-electron chi connectivity index (χ1n) is 8.32. The second kappa shape index (κ2) is 8.80. The number of aromatic nitrogens is 1. The van der Waals surface area contributed by atoms with E-state index in [1.54, 1.807) is 5.38 Å². The lowest BCUT2D eigenvalue weighted by molar-refractivity contribution is -0.384. The van der Waals surface area contributed by atoms with E-state index in [4.69, 9.17) is 16.3 Å². The number of nitrogens with one attached hydrogen (secondary N) is 1. The average molecular weight is 432 g/mol. The van der Waals surface area contributed by atoms with Crippen LogP contribution in [0.4, 0.5) is 10.8 Å². The van der Waals surface area contributed by atoms with Gasteiger partial charge in [-0.05, 0) is 13.0 Å². The van der Waals surface area contributed by atoms with Crippen molar-refractivity contribution < 1.29 is 19.2 Å². The number of nitrogens with zero attached hydrogens (tertiary/aromatic N) is 2. The molecule has 1 amide bonds. The predicted molar refractivity (Wildman–Crippen MR) is 109 cm³/mol. The van der Waals surface area contributed by atoms with Crippen molar-refractivity contribution in [1.29, 1.82) is 0 Å². The van der Waals surface area contributed by atoms with Crippen LogP contribution in [0.15, 0.2) is 53.9 Å². The number of hydrogen-bond donors (Lipinski definition) is 1. The molecule has 1 heterocycles. The number of ether oxygens (including phenoxy) is 1. The summed E-state index contributed by atoms with van der Waals surface area (Å²) in [5.41, 5.74) is 1.11. The lowest BCUT2D eigenvalue weighted by Gasteiger charge is -2.13. The molecule has 10 heteroatoms. The Morgan fingerprint density at radius 2 is 1.97 bits per heavy atom. The Balaban J connectivity index is 1.65. The third-order valence-corrected chi connectivity index (χ3v) is 4.92. The van der Waals surface area contributed by atoms with Crippen LogP contribution in [0.3, 0.4) is 0 Å². The summed E-state index contributed by atoms with van der Waals surface area (Å²) in [6.07, 6.45) is -1.16. The summed E-state index contributed by atoms with van der Waals surface area (Å²) in [4.78, 5) is 39.1. The van der Waals surface area contributed by atoms with Gasteiger partial charge in [-0.15, -0.1) is 11.3 Å². The number of thiazole rings is 1. The number of halogens is 1. The van der Waals surface area contributed by atoms with Crippen LogP contribution in [0, 0.1) is 10.1 Å². The first-order chi connectivity index (χ1) is 13.8. The number of carbonyl (C=O) groups is 2. The van der Waals surface area contributed by atoms with Crippen molar-refractivity contribution in [2.45, 2.75) is 13.0 Å². The minimum absolute atomic E-state index is 0.0133. The monoisotopic (exact) mass is 431 g/mol. The van der Waals surface area contributed by atoms with Crippen molar-refractivity contribution in [3.8, 4) is 11.3 Å². The molecule has 1 aromatic heterocycles. The summed E-state index contributed by atoms with van der Waals surface area (Å²) in [6.45, 7) is 1.38. The number of amides is 1. The molecule has 1 unspecified atom stereocenters. The van der Waals surface area contributed by atoms with E-state index in [1.165, 1.54) is 30.4 Å². The third-order valence-electron chi connectivity index (χ3n) is 3.84. The van der Waals surface area contributed by atoms with Gasteiger partial charge in [-0.2, -0.15) is 0 Å². The summed E-state index contributed by atoms with van der Waals surface area (Å²) < 4.78 is 5.10. The van der Waals surface area contributed by atoms with Crippen LogP contribution in [0.25, 0.3) is 11.3 Å². The molecule has 29 heavy (non-hydrogen) atoms. The van der Waals surface area contributed by atoms with Crippen molar-refractivity contribution in [2.24, 2.45) is 0 Å². The topological polar surface area (TPSA) is 111 Å². The van der Waals surface area contributed by atoms with E-state index in [2.05, 4.69) is 10.3 Å². The molecule has 0 bridgehead atoms. The Morgan fingerprint density at radius 3 is 2.66 bits per heavy atom.